The van der Waals surface area contributed by atoms with Crippen LogP contribution in [0, 0.1) is 7.43 Å². The molecule has 0 amide bonds. The Morgan fingerprint density at radius 2 is 1.30 bits per heavy atom. The molecule has 3 aromatic rings. The monoisotopic (exact) mass is 335 g/mol. The number of nitrogens with one attached hydrogen (secondary N) is 1. The van der Waals surface area contributed by atoms with Crippen LogP contribution in [-0.4, -0.2) is 4.98 Å². The van der Waals surface area contributed by atoms with E-state index < -0.39 is 0 Å². The molecule has 0 unspecified atom stereocenters. The van der Waals surface area contributed by atoms with Crippen molar-refractivity contribution in [3.05, 3.63) is 68.2 Å². The van der Waals surface area contributed by atoms with Gasteiger partial charge in [0.05, 0.1) is 5.69 Å². The van der Waals surface area contributed by atoms with Gasteiger partial charge in [-0.05, 0) is 18.2 Å². The first kappa shape index (κ1) is 24.5. The molecule has 0 spiro atoms. The number of fused-ring (bicyclic) bond motifs is 1. The fourth-order valence-electron chi connectivity index (χ4n) is 1.75. The third kappa shape index (κ3) is 7.55. The Bertz CT molecular complexity index is 660. The Labute approximate surface area is 183 Å². The number of benzene rings is 2. The molecule has 0 aliphatic rings. The first-order valence-electron chi connectivity index (χ1n) is 7.46. The van der Waals surface area contributed by atoms with Gasteiger partial charge in [0.1, 0.15) is 5.69 Å². The second-order valence-electron chi connectivity index (χ2n) is 3.76. The second-order valence-corrected chi connectivity index (χ2v) is 3.76. The molecule has 118 valence electrons. The smallest absolute Gasteiger partial charge is 0.359 e. The maximum Gasteiger partial charge on any atom is 1.00 e. The van der Waals surface area contributed by atoms with Gasteiger partial charge in [-0.15, -0.1) is 5.11 Å². The molecule has 23 heavy (non-hydrogen) atoms. The zero-order valence-electron chi connectivity index (χ0n) is 15.2. The average Bonchev–Trinajstić information content (AvgIpc) is 3.01. The molecule has 1 aromatic heterocycles. The van der Waals surface area contributed by atoms with Crippen LogP contribution >= 0.6 is 0 Å². The van der Waals surface area contributed by atoms with Crippen molar-refractivity contribution in [2.24, 2.45) is 10.2 Å². The van der Waals surface area contributed by atoms with Crippen LogP contribution in [0.15, 0.2) is 71.0 Å². The van der Waals surface area contributed by atoms with E-state index >= 15 is 0 Å². The molecule has 1 N–H and O–H groups in total. The van der Waals surface area contributed by atoms with Gasteiger partial charge in [0.15, 0.2) is 0 Å². The van der Waals surface area contributed by atoms with E-state index in [1.165, 1.54) is 0 Å². The quantitative estimate of drug-likeness (QED) is 0.416. The van der Waals surface area contributed by atoms with E-state index in [0.29, 0.717) is 0 Å². The fourth-order valence-corrected chi connectivity index (χ4v) is 1.75. The molecule has 3 nitrogen and oxygen atoms in total. The van der Waals surface area contributed by atoms with E-state index in [-0.39, 0.29) is 58.8 Å². The van der Waals surface area contributed by atoms with Crippen molar-refractivity contribution in [1.82, 2.24) is 4.98 Å². The van der Waals surface area contributed by atoms with Crippen molar-refractivity contribution >= 4 is 22.3 Å². The van der Waals surface area contributed by atoms with Gasteiger partial charge in [-0.2, -0.15) is 5.11 Å². The van der Waals surface area contributed by atoms with Crippen LogP contribution < -0.4 is 51.4 Å². The number of aromatic nitrogens is 1. The molecule has 0 fully saturated rings. The molecule has 0 bridgehead atoms. The molecule has 4 heteroatoms. The maximum absolute atomic E-state index is 4.26. The number of aromatic amines is 1. The fraction of sp³-hybridized carbons (Fsp3) is 0.211. The van der Waals surface area contributed by atoms with Gasteiger partial charge in [0.2, 0.25) is 0 Å². The van der Waals surface area contributed by atoms with E-state index in [4.69, 9.17) is 0 Å². The summed E-state index contributed by atoms with van der Waals surface area (Å²) in [5, 5.41) is 9.55. The molecule has 2 aromatic carbocycles. The van der Waals surface area contributed by atoms with Crippen LogP contribution in [0.2, 0.25) is 0 Å². The Morgan fingerprint density at radius 1 is 0.739 bits per heavy atom. The van der Waals surface area contributed by atoms with Crippen LogP contribution in [0.1, 0.15) is 27.7 Å². The van der Waals surface area contributed by atoms with Gasteiger partial charge < -0.3 is 12.4 Å². The summed E-state index contributed by atoms with van der Waals surface area (Å²) in [4.78, 5) is 3.17. The van der Waals surface area contributed by atoms with Crippen LogP contribution in [0.5, 0.6) is 0 Å². The summed E-state index contributed by atoms with van der Waals surface area (Å²) in [5.74, 6) is 0. The van der Waals surface area contributed by atoms with Crippen molar-refractivity contribution in [3.8, 4) is 0 Å². The molecule has 0 radical (unpaired) electrons. The normalized spacial score (nSPS) is 8.87. The number of azo groups is 1. The summed E-state index contributed by atoms with van der Waals surface area (Å²) >= 11 is 0. The van der Waals surface area contributed by atoms with Crippen LogP contribution in [0.25, 0.3) is 10.9 Å². The zero-order valence-corrected chi connectivity index (χ0v) is 18.3. The zero-order chi connectivity index (χ0) is 15.5. The van der Waals surface area contributed by atoms with E-state index in [0.717, 1.165) is 22.3 Å². The number of hydrogen-bond acceptors (Lipinski definition) is 2. The number of para-hydroxylation sites is 1. The van der Waals surface area contributed by atoms with Gasteiger partial charge >= 0.3 is 51.4 Å². The third-order valence-corrected chi connectivity index (χ3v) is 2.60. The maximum atomic E-state index is 4.26. The van der Waals surface area contributed by atoms with E-state index in [1.54, 1.807) is 0 Å². The van der Waals surface area contributed by atoms with Crippen molar-refractivity contribution in [2.45, 2.75) is 27.7 Å². The molecule has 0 aliphatic heterocycles. The Hall–Kier alpha value is -0.784. The van der Waals surface area contributed by atoms with Crippen LogP contribution in [-0.2, 0) is 0 Å². The molecule has 1 heterocycles. The molecule has 3 rings (SSSR count). The number of hydrogen-bond donors (Lipinski definition) is 1. The summed E-state index contributed by atoms with van der Waals surface area (Å²) in [6.07, 6.45) is 1.87. The predicted molar refractivity (Wildman–Crippen MR) is 98.0 cm³/mol. The molecular weight excluding hydrogens is 309 g/mol. The minimum Gasteiger partial charge on any atom is -0.359 e. The van der Waals surface area contributed by atoms with Gasteiger partial charge in [-0.3, -0.25) is 0 Å². The van der Waals surface area contributed by atoms with Gasteiger partial charge in [0.25, 0.3) is 0 Å². The third-order valence-electron chi connectivity index (χ3n) is 2.60. The topological polar surface area (TPSA) is 40.5 Å². The SMILES string of the molecule is CC.CC.[CH3-].[K+].c1ccc(N=Nc2c[nH]c3ccccc23)cc1. The summed E-state index contributed by atoms with van der Waals surface area (Å²) < 4.78 is 0. The molecule has 0 aliphatic carbocycles. The summed E-state index contributed by atoms with van der Waals surface area (Å²) in [6.45, 7) is 8.00. The summed E-state index contributed by atoms with van der Waals surface area (Å²) in [5.41, 5.74) is 2.80. The van der Waals surface area contributed by atoms with Crippen molar-refractivity contribution in [2.75, 3.05) is 0 Å². The summed E-state index contributed by atoms with van der Waals surface area (Å²) in [7, 11) is 0. The Morgan fingerprint density at radius 3 is 1.96 bits per heavy atom. The second kappa shape index (κ2) is 14.8. The first-order valence-corrected chi connectivity index (χ1v) is 7.46. The van der Waals surface area contributed by atoms with Crippen LogP contribution in [0.4, 0.5) is 11.4 Å². The first-order chi connectivity index (χ1) is 10.4. The van der Waals surface area contributed by atoms with E-state index in [2.05, 4.69) is 15.2 Å². The number of rotatable bonds is 2. The predicted octanol–water partition coefficient (Wildman–Crippen LogP) is 4.09. The standard InChI is InChI=1S/C14H11N3.2C2H6.CH3.K/c1-2-6-11(7-3-1)16-17-14-10-15-13-9-5-4-8-12(13)14;2*1-2;;/h1-10,15H;2*1-2H3;1H3;/q;;;-1;+1. The van der Waals surface area contributed by atoms with Crippen molar-refractivity contribution in [3.63, 3.8) is 0 Å². The summed E-state index contributed by atoms with van der Waals surface area (Å²) in [6, 6.07) is 17.8. The van der Waals surface area contributed by atoms with Gasteiger partial charge in [-0.1, -0.05) is 64.1 Å². The number of nitrogens with zero attached hydrogens (tertiary/aromatic N) is 2. The average molecular weight is 336 g/mol. The van der Waals surface area contributed by atoms with Crippen LogP contribution in [0.3, 0.4) is 0 Å². The van der Waals surface area contributed by atoms with Crippen molar-refractivity contribution < 1.29 is 51.4 Å². The minimum absolute atomic E-state index is 0. The molecule has 0 atom stereocenters. The molecule has 0 saturated carbocycles. The van der Waals surface area contributed by atoms with Gasteiger partial charge in [0, 0.05) is 17.1 Å². The van der Waals surface area contributed by atoms with Crippen molar-refractivity contribution in [1.29, 1.82) is 0 Å². The Kier molecular flexibility index (Phi) is 15.7. The largest absolute Gasteiger partial charge is 1.00 e. The molecular formula is C19H26KN3. The van der Waals surface area contributed by atoms with E-state index in [9.17, 15) is 0 Å². The Balaban J connectivity index is 0. The van der Waals surface area contributed by atoms with E-state index in [1.807, 2.05) is 88.5 Å². The molecule has 0 saturated heterocycles. The number of H-pyrrole nitrogens is 1. The van der Waals surface area contributed by atoms with Gasteiger partial charge in [-0.25, -0.2) is 0 Å². The minimum atomic E-state index is 0.